The molecule has 0 unspecified atom stereocenters. The van der Waals surface area contributed by atoms with Crippen molar-refractivity contribution in [3.05, 3.63) is 53.9 Å². The molecule has 2 heterocycles. The Morgan fingerprint density at radius 3 is 2.31 bits per heavy atom. The number of nitrogen functional groups attached to an aromatic ring is 2. The predicted octanol–water partition coefficient (Wildman–Crippen LogP) is 3.26. The van der Waals surface area contributed by atoms with Gasteiger partial charge in [0.05, 0.1) is 11.3 Å². The van der Waals surface area contributed by atoms with E-state index in [0.29, 0.717) is 11.1 Å². The third-order valence-corrected chi connectivity index (χ3v) is 3.63. The van der Waals surface area contributed by atoms with Gasteiger partial charge in [-0.15, -0.1) is 0 Å². The van der Waals surface area contributed by atoms with Gasteiger partial charge in [-0.3, -0.25) is 0 Å². The average Bonchev–Trinajstić information content (AvgIpc) is 2.61. The number of alkyl halides is 3. The standard InChI is InChI=1S/C17H11F3N6/c18-17(19,20)11-3-1-2-9(4-11)14-5-12(13(6-21)15(22)26-14)10-7-24-16(23)25-8-10/h1-5,7-8H,(H2,22,26)(H2,23,24,25). The van der Waals surface area contributed by atoms with E-state index in [0.717, 1.165) is 12.1 Å². The summed E-state index contributed by atoms with van der Waals surface area (Å²) in [6, 6.07) is 8.10. The number of nitrogens with two attached hydrogens (primary N) is 2. The summed E-state index contributed by atoms with van der Waals surface area (Å²) in [5, 5.41) is 9.34. The fourth-order valence-electron chi connectivity index (χ4n) is 2.39. The molecule has 0 aliphatic heterocycles. The van der Waals surface area contributed by atoms with E-state index in [9.17, 15) is 18.4 Å². The normalized spacial score (nSPS) is 11.2. The van der Waals surface area contributed by atoms with E-state index in [2.05, 4.69) is 15.0 Å². The zero-order valence-corrected chi connectivity index (χ0v) is 13.1. The minimum absolute atomic E-state index is 0.0485. The number of nitrogens with zero attached hydrogens (tertiary/aromatic N) is 4. The molecular weight excluding hydrogens is 345 g/mol. The average molecular weight is 356 g/mol. The van der Waals surface area contributed by atoms with Crippen molar-refractivity contribution in [1.82, 2.24) is 15.0 Å². The minimum atomic E-state index is -4.48. The van der Waals surface area contributed by atoms with Crippen LogP contribution in [0.1, 0.15) is 11.1 Å². The van der Waals surface area contributed by atoms with Crippen LogP contribution in [-0.4, -0.2) is 15.0 Å². The van der Waals surface area contributed by atoms with Crippen molar-refractivity contribution in [1.29, 1.82) is 5.26 Å². The van der Waals surface area contributed by atoms with E-state index >= 15 is 0 Å². The smallest absolute Gasteiger partial charge is 0.383 e. The highest BCUT2D eigenvalue weighted by molar-refractivity contribution is 5.79. The van der Waals surface area contributed by atoms with E-state index in [-0.39, 0.29) is 28.6 Å². The number of nitriles is 1. The molecular formula is C17H11F3N6. The van der Waals surface area contributed by atoms with E-state index in [1.54, 1.807) is 0 Å². The monoisotopic (exact) mass is 356 g/mol. The quantitative estimate of drug-likeness (QED) is 0.728. The molecule has 0 fully saturated rings. The summed E-state index contributed by atoms with van der Waals surface area (Å²) < 4.78 is 38.8. The Morgan fingerprint density at radius 2 is 1.69 bits per heavy atom. The zero-order valence-electron chi connectivity index (χ0n) is 13.1. The number of pyridine rings is 1. The highest BCUT2D eigenvalue weighted by Gasteiger charge is 2.30. The highest BCUT2D eigenvalue weighted by Crippen LogP contribution is 2.34. The van der Waals surface area contributed by atoms with Gasteiger partial charge in [-0.2, -0.15) is 18.4 Å². The first kappa shape index (κ1) is 17.2. The summed E-state index contributed by atoms with van der Waals surface area (Å²) in [7, 11) is 0. The van der Waals surface area contributed by atoms with Crippen LogP contribution in [-0.2, 0) is 6.18 Å². The molecule has 0 aliphatic carbocycles. The second-order valence-corrected chi connectivity index (χ2v) is 5.34. The lowest BCUT2D eigenvalue weighted by molar-refractivity contribution is -0.137. The van der Waals surface area contributed by atoms with Crippen LogP contribution in [0.4, 0.5) is 24.9 Å². The third kappa shape index (κ3) is 3.25. The van der Waals surface area contributed by atoms with Crippen LogP contribution in [0, 0.1) is 11.3 Å². The van der Waals surface area contributed by atoms with Gasteiger partial charge in [0.1, 0.15) is 17.5 Å². The molecule has 3 aromatic rings. The number of rotatable bonds is 2. The van der Waals surface area contributed by atoms with Gasteiger partial charge in [0.15, 0.2) is 0 Å². The molecule has 130 valence electrons. The van der Waals surface area contributed by atoms with Gasteiger partial charge >= 0.3 is 6.18 Å². The van der Waals surface area contributed by atoms with Crippen LogP contribution in [0.15, 0.2) is 42.7 Å². The van der Waals surface area contributed by atoms with Gasteiger partial charge in [-0.25, -0.2) is 15.0 Å². The molecule has 0 bridgehead atoms. The molecule has 0 atom stereocenters. The molecule has 4 N–H and O–H groups in total. The van der Waals surface area contributed by atoms with Crippen LogP contribution in [0.2, 0.25) is 0 Å². The molecule has 26 heavy (non-hydrogen) atoms. The maximum atomic E-state index is 12.9. The Labute approximate surface area is 146 Å². The Hall–Kier alpha value is -3.67. The van der Waals surface area contributed by atoms with Crippen LogP contribution >= 0.6 is 0 Å². The van der Waals surface area contributed by atoms with E-state index < -0.39 is 11.7 Å². The van der Waals surface area contributed by atoms with Crippen molar-refractivity contribution in [2.45, 2.75) is 6.18 Å². The van der Waals surface area contributed by atoms with Crippen molar-refractivity contribution in [2.75, 3.05) is 11.5 Å². The van der Waals surface area contributed by atoms with Crippen molar-refractivity contribution in [3.8, 4) is 28.5 Å². The first-order valence-corrected chi connectivity index (χ1v) is 7.25. The first-order valence-electron chi connectivity index (χ1n) is 7.25. The Kier molecular flexibility index (Phi) is 4.18. The Morgan fingerprint density at radius 1 is 1.00 bits per heavy atom. The molecule has 6 nitrogen and oxygen atoms in total. The Balaban J connectivity index is 2.19. The molecule has 0 spiro atoms. The molecule has 1 aromatic carbocycles. The Bertz CT molecular complexity index is 1010. The molecule has 2 aromatic heterocycles. The first-order chi connectivity index (χ1) is 12.3. The SMILES string of the molecule is N#Cc1c(-c2cnc(N)nc2)cc(-c2cccc(C(F)(F)F)c2)nc1N. The van der Waals surface area contributed by atoms with Crippen molar-refractivity contribution < 1.29 is 13.2 Å². The minimum Gasteiger partial charge on any atom is -0.383 e. The fourth-order valence-corrected chi connectivity index (χ4v) is 2.39. The number of hydrogen-bond donors (Lipinski definition) is 2. The van der Waals surface area contributed by atoms with Crippen LogP contribution in [0.5, 0.6) is 0 Å². The van der Waals surface area contributed by atoms with Gasteiger partial charge in [-0.05, 0) is 18.2 Å². The lowest BCUT2D eigenvalue weighted by Gasteiger charge is -2.12. The lowest BCUT2D eigenvalue weighted by atomic mass is 9.99. The number of anilines is 2. The van der Waals surface area contributed by atoms with Gasteiger partial charge < -0.3 is 11.5 Å². The number of aromatic nitrogens is 3. The van der Waals surface area contributed by atoms with E-state index in [1.807, 2.05) is 6.07 Å². The topological polar surface area (TPSA) is 114 Å². The van der Waals surface area contributed by atoms with Crippen LogP contribution in [0.25, 0.3) is 22.4 Å². The third-order valence-electron chi connectivity index (χ3n) is 3.63. The largest absolute Gasteiger partial charge is 0.416 e. The maximum Gasteiger partial charge on any atom is 0.416 e. The van der Waals surface area contributed by atoms with Gasteiger partial charge in [-0.1, -0.05) is 12.1 Å². The van der Waals surface area contributed by atoms with Crippen LogP contribution < -0.4 is 11.5 Å². The number of halogens is 3. The van der Waals surface area contributed by atoms with E-state index in [4.69, 9.17) is 11.5 Å². The van der Waals surface area contributed by atoms with Gasteiger partial charge in [0.2, 0.25) is 5.95 Å². The summed E-state index contributed by atoms with van der Waals surface area (Å²) in [6.45, 7) is 0. The number of hydrogen-bond acceptors (Lipinski definition) is 6. The number of benzene rings is 1. The molecule has 0 amide bonds. The summed E-state index contributed by atoms with van der Waals surface area (Å²) in [5.74, 6) is -0.0541. The lowest BCUT2D eigenvalue weighted by Crippen LogP contribution is -2.05. The van der Waals surface area contributed by atoms with Crippen molar-refractivity contribution >= 4 is 11.8 Å². The fraction of sp³-hybridized carbons (Fsp3) is 0.0588. The van der Waals surface area contributed by atoms with Gasteiger partial charge in [0.25, 0.3) is 0 Å². The molecule has 9 heteroatoms. The second-order valence-electron chi connectivity index (χ2n) is 5.34. The second kappa shape index (κ2) is 6.33. The summed E-state index contributed by atoms with van der Waals surface area (Å²) in [6.07, 6.45) is -1.69. The van der Waals surface area contributed by atoms with Crippen molar-refractivity contribution in [2.24, 2.45) is 0 Å². The van der Waals surface area contributed by atoms with Gasteiger partial charge in [0, 0.05) is 29.1 Å². The maximum absolute atomic E-state index is 12.9. The molecule has 0 saturated carbocycles. The predicted molar refractivity (Wildman–Crippen MR) is 89.2 cm³/mol. The molecule has 0 saturated heterocycles. The summed E-state index contributed by atoms with van der Waals surface area (Å²) >= 11 is 0. The highest BCUT2D eigenvalue weighted by atomic mass is 19.4. The van der Waals surface area contributed by atoms with E-state index in [1.165, 1.54) is 30.6 Å². The van der Waals surface area contributed by atoms with Crippen LogP contribution in [0.3, 0.4) is 0 Å². The summed E-state index contributed by atoms with van der Waals surface area (Å²) in [4.78, 5) is 11.8. The summed E-state index contributed by atoms with van der Waals surface area (Å²) in [5.41, 5.74) is 11.8. The van der Waals surface area contributed by atoms with Crippen molar-refractivity contribution in [3.63, 3.8) is 0 Å². The zero-order chi connectivity index (χ0) is 18.9. The molecule has 0 aliphatic rings. The molecule has 3 rings (SSSR count). The molecule has 0 radical (unpaired) electrons.